The van der Waals surface area contributed by atoms with Gasteiger partial charge in [-0.3, -0.25) is 4.79 Å². The predicted molar refractivity (Wildman–Crippen MR) is 92.4 cm³/mol. The molecule has 0 aliphatic carbocycles. The van der Waals surface area contributed by atoms with E-state index in [1.807, 2.05) is 12.1 Å². The molecule has 0 spiro atoms. The van der Waals surface area contributed by atoms with E-state index in [0.29, 0.717) is 6.54 Å². The van der Waals surface area contributed by atoms with Crippen molar-refractivity contribution in [2.75, 3.05) is 6.54 Å². The molecule has 1 N–H and O–H groups in total. The molecular formula is C18H16ClNOS. The van der Waals surface area contributed by atoms with Crippen molar-refractivity contribution in [2.45, 2.75) is 23.1 Å². The molecule has 0 fully saturated rings. The van der Waals surface area contributed by atoms with Crippen LogP contribution in [0.3, 0.4) is 0 Å². The van der Waals surface area contributed by atoms with E-state index in [0.717, 1.165) is 11.4 Å². The van der Waals surface area contributed by atoms with Crippen LogP contribution in [-0.4, -0.2) is 12.5 Å². The van der Waals surface area contributed by atoms with Crippen molar-refractivity contribution in [2.24, 2.45) is 0 Å². The smallest absolute Gasteiger partial charge is 0.216 e. The highest BCUT2D eigenvalue weighted by atomic mass is 35.5. The molecule has 0 aromatic heterocycles. The molecule has 0 radical (unpaired) electrons. The molecule has 1 heterocycles. The number of carbonyl (C=O) groups is 1. The van der Waals surface area contributed by atoms with Gasteiger partial charge in [0.25, 0.3) is 0 Å². The van der Waals surface area contributed by atoms with Gasteiger partial charge in [-0.25, -0.2) is 0 Å². The van der Waals surface area contributed by atoms with Gasteiger partial charge in [-0.1, -0.05) is 47.6 Å². The number of fused-ring (bicyclic) bond motifs is 2. The topological polar surface area (TPSA) is 29.1 Å². The van der Waals surface area contributed by atoms with Crippen LogP contribution in [0.4, 0.5) is 0 Å². The lowest BCUT2D eigenvalue weighted by Crippen LogP contribution is -2.20. The van der Waals surface area contributed by atoms with Crippen molar-refractivity contribution in [1.29, 1.82) is 0 Å². The number of hydrogen-bond acceptors (Lipinski definition) is 2. The molecule has 2 nitrogen and oxygen atoms in total. The Morgan fingerprint density at radius 2 is 1.95 bits per heavy atom. The quantitative estimate of drug-likeness (QED) is 0.702. The Balaban J connectivity index is 1.98. The van der Waals surface area contributed by atoms with Crippen molar-refractivity contribution in [3.63, 3.8) is 0 Å². The van der Waals surface area contributed by atoms with E-state index in [1.165, 1.54) is 33.4 Å². The number of nitrogens with one attached hydrogen (secondary N) is 1. The first kappa shape index (κ1) is 15.2. The molecule has 2 aromatic carbocycles. The average molecular weight is 330 g/mol. The minimum atomic E-state index is 0.00134. The van der Waals surface area contributed by atoms with Gasteiger partial charge in [0.15, 0.2) is 0 Å². The molecule has 0 unspecified atom stereocenters. The van der Waals surface area contributed by atoms with Crippen molar-refractivity contribution in [1.82, 2.24) is 5.32 Å². The molecule has 1 amide bonds. The number of halogens is 1. The zero-order valence-electron chi connectivity index (χ0n) is 12.2. The van der Waals surface area contributed by atoms with Crippen LogP contribution in [0.1, 0.15) is 24.5 Å². The maximum atomic E-state index is 11.0. The Morgan fingerprint density at radius 1 is 1.18 bits per heavy atom. The molecule has 1 aliphatic heterocycles. The maximum Gasteiger partial charge on any atom is 0.216 e. The standard InChI is InChI=1S/C18H16ClNOS/c1-12(21)20-10-4-6-14-15-5-2-3-7-17(15)22-18-9-8-13(19)11-16(14)18/h2-3,5-9,11H,4,10H2,1H3,(H,20,21)/b14-6+. The minimum Gasteiger partial charge on any atom is -0.356 e. The largest absolute Gasteiger partial charge is 0.356 e. The van der Waals surface area contributed by atoms with Gasteiger partial charge >= 0.3 is 0 Å². The molecule has 22 heavy (non-hydrogen) atoms. The Kier molecular flexibility index (Phi) is 4.55. The van der Waals surface area contributed by atoms with Crippen LogP contribution in [0.15, 0.2) is 58.3 Å². The summed E-state index contributed by atoms with van der Waals surface area (Å²) >= 11 is 7.95. The van der Waals surface area contributed by atoms with Crippen LogP contribution in [0.2, 0.25) is 5.02 Å². The van der Waals surface area contributed by atoms with E-state index in [9.17, 15) is 4.79 Å². The second-order valence-corrected chi connectivity index (χ2v) is 6.65. The van der Waals surface area contributed by atoms with E-state index < -0.39 is 0 Å². The predicted octanol–water partition coefficient (Wildman–Crippen LogP) is 4.76. The fourth-order valence-corrected chi connectivity index (χ4v) is 3.79. The van der Waals surface area contributed by atoms with Gasteiger partial charge in [0, 0.05) is 28.3 Å². The van der Waals surface area contributed by atoms with Crippen molar-refractivity contribution in [3.05, 3.63) is 64.7 Å². The van der Waals surface area contributed by atoms with Crippen molar-refractivity contribution in [3.8, 4) is 0 Å². The van der Waals surface area contributed by atoms with E-state index in [4.69, 9.17) is 11.6 Å². The van der Waals surface area contributed by atoms with Gasteiger partial charge in [0.05, 0.1) is 0 Å². The number of amides is 1. The second kappa shape index (κ2) is 6.59. The van der Waals surface area contributed by atoms with Gasteiger partial charge in [0.2, 0.25) is 5.91 Å². The lowest BCUT2D eigenvalue weighted by atomic mass is 9.96. The summed E-state index contributed by atoms with van der Waals surface area (Å²) in [5, 5.41) is 3.57. The van der Waals surface area contributed by atoms with E-state index in [-0.39, 0.29) is 5.91 Å². The molecule has 0 saturated carbocycles. The van der Waals surface area contributed by atoms with Gasteiger partial charge in [-0.2, -0.15) is 0 Å². The average Bonchev–Trinajstić information content (AvgIpc) is 2.50. The van der Waals surface area contributed by atoms with Crippen molar-refractivity contribution >= 4 is 34.8 Å². The van der Waals surface area contributed by atoms with E-state index >= 15 is 0 Å². The Morgan fingerprint density at radius 3 is 2.77 bits per heavy atom. The summed E-state index contributed by atoms with van der Waals surface area (Å²) in [6.45, 7) is 2.18. The number of carbonyl (C=O) groups excluding carboxylic acids is 1. The van der Waals surface area contributed by atoms with Gasteiger partial charge in [-0.05, 0) is 47.4 Å². The van der Waals surface area contributed by atoms with Crippen LogP contribution in [0.5, 0.6) is 0 Å². The zero-order chi connectivity index (χ0) is 15.5. The minimum absolute atomic E-state index is 0.00134. The molecule has 2 aromatic rings. The summed E-state index contributed by atoms with van der Waals surface area (Å²) in [4.78, 5) is 13.5. The van der Waals surface area contributed by atoms with Crippen LogP contribution in [-0.2, 0) is 4.79 Å². The highest BCUT2D eigenvalue weighted by molar-refractivity contribution is 7.99. The molecule has 0 saturated heterocycles. The molecule has 112 valence electrons. The second-order valence-electron chi connectivity index (χ2n) is 5.13. The third-order valence-corrected chi connectivity index (χ3v) is 4.88. The van der Waals surface area contributed by atoms with Gasteiger partial charge in [-0.15, -0.1) is 0 Å². The Labute approximate surface area is 139 Å². The monoisotopic (exact) mass is 329 g/mol. The first-order valence-corrected chi connectivity index (χ1v) is 8.36. The van der Waals surface area contributed by atoms with Gasteiger partial charge in [0.1, 0.15) is 0 Å². The Bertz CT molecular complexity index is 755. The van der Waals surface area contributed by atoms with Crippen LogP contribution in [0.25, 0.3) is 5.57 Å². The first-order valence-electron chi connectivity index (χ1n) is 7.17. The van der Waals surface area contributed by atoms with Crippen LogP contribution in [0, 0.1) is 0 Å². The summed E-state index contributed by atoms with van der Waals surface area (Å²) in [7, 11) is 0. The summed E-state index contributed by atoms with van der Waals surface area (Å²) in [5.74, 6) is 0.00134. The summed E-state index contributed by atoms with van der Waals surface area (Å²) in [5.41, 5.74) is 3.58. The maximum absolute atomic E-state index is 11.0. The summed E-state index contributed by atoms with van der Waals surface area (Å²) < 4.78 is 0. The summed E-state index contributed by atoms with van der Waals surface area (Å²) in [6.07, 6.45) is 2.98. The molecular weight excluding hydrogens is 314 g/mol. The fraction of sp³-hybridized carbons (Fsp3) is 0.167. The highest BCUT2D eigenvalue weighted by Gasteiger charge is 2.20. The zero-order valence-corrected chi connectivity index (χ0v) is 13.8. The molecule has 4 heteroatoms. The van der Waals surface area contributed by atoms with Crippen LogP contribution >= 0.6 is 23.4 Å². The van der Waals surface area contributed by atoms with E-state index in [1.54, 1.807) is 11.8 Å². The third-order valence-electron chi connectivity index (χ3n) is 3.50. The lowest BCUT2D eigenvalue weighted by Gasteiger charge is -2.22. The normalized spacial score (nSPS) is 14.4. The molecule has 0 bridgehead atoms. The fourth-order valence-electron chi connectivity index (χ4n) is 2.53. The molecule has 3 rings (SSSR count). The number of benzene rings is 2. The summed E-state index contributed by atoms with van der Waals surface area (Å²) in [6, 6.07) is 14.4. The molecule has 1 aliphatic rings. The van der Waals surface area contributed by atoms with Crippen molar-refractivity contribution < 1.29 is 4.79 Å². The van der Waals surface area contributed by atoms with Gasteiger partial charge < -0.3 is 5.32 Å². The number of rotatable bonds is 3. The highest BCUT2D eigenvalue weighted by Crippen LogP contribution is 2.46. The number of hydrogen-bond donors (Lipinski definition) is 1. The SMILES string of the molecule is CC(=O)NCC/C=C1\c2ccccc2Sc2ccc(Cl)cc21. The Hall–Kier alpha value is -1.71. The van der Waals surface area contributed by atoms with Crippen LogP contribution < -0.4 is 5.32 Å². The first-order chi connectivity index (χ1) is 10.6. The third kappa shape index (κ3) is 3.21. The molecule has 0 atom stereocenters. The lowest BCUT2D eigenvalue weighted by molar-refractivity contribution is -0.118. The van der Waals surface area contributed by atoms with E-state index in [2.05, 4.69) is 41.7 Å².